The van der Waals surface area contributed by atoms with E-state index in [0.29, 0.717) is 0 Å². The van der Waals surface area contributed by atoms with Crippen molar-refractivity contribution < 1.29 is 14.1 Å². The van der Waals surface area contributed by atoms with Crippen molar-refractivity contribution in [2.45, 2.75) is 0 Å². The molecule has 0 bridgehead atoms. The number of amides is 2. The van der Waals surface area contributed by atoms with E-state index in [1.165, 1.54) is 0 Å². The molecule has 6 nitrogen and oxygen atoms in total. The molecule has 11 heavy (non-hydrogen) atoms. The molecule has 0 saturated heterocycles. The largest absolute Gasteiger partial charge is 0.365 e. The zero-order chi connectivity index (χ0) is 8.43. The highest BCUT2D eigenvalue weighted by Crippen LogP contribution is 2.03. The van der Waals surface area contributed by atoms with Gasteiger partial charge in [0.25, 0.3) is 11.8 Å². The summed E-state index contributed by atoms with van der Waals surface area (Å²) in [5, 5.41) is 3.19. The van der Waals surface area contributed by atoms with Crippen LogP contribution in [0.25, 0.3) is 0 Å². The summed E-state index contributed by atoms with van der Waals surface area (Å²) in [5.74, 6) is -1.63. The van der Waals surface area contributed by atoms with Gasteiger partial charge >= 0.3 is 0 Å². The highest BCUT2D eigenvalue weighted by Gasteiger charge is 2.16. The average molecular weight is 155 g/mol. The lowest BCUT2D eigenvalue weighted by Gasteiger charge is -1.88. The second kappa shape index (κ2) is 2.41. The highest BCUT2D eigenvalue weighted by molar-refractivity contribution is 6.04. The van der Waals surface area contributed by atoms with E-state index >= 15 is 0 Å². The summed E-state index contributed by atoms with van der Waals surface area (Å²) in [7, 11) is 0. The molecule has 0 fully saturated rings. The zero-order valence-corrected chi connectivity index (χ0v) is 5.40. The molecule has 0 aromatic carbocycles. The van der Waals surface area contributed by atoms with Crippen molar-refractivity contribution >= 4 is 11.8 Å². The maximum Gasteiger partial charge on any atom is 0.271 e. The molecular formula is C5H5N3O3. The first kappa shape index (κ1) is 7.26. The summed E-state index contributed by atoms with van der Waals surface area (Å²) in [6.07, 6.45) is 0.975. The van der Waals surface area contributed by atoms with Gasteiger partial charge in [0.2, 0.25) is 0 Å². The number of rotatable bonds is 2. The van der Waals surface area contributed by atoms with Crippen LogP contribution >= 0.6 is 0 Å². The number of aromatic nitrogens is 1. The predicted molar refractivity (Wildman–Crippen MR) is 33.5 cm³/mol. The van der Waals surface area contributed by atoms with Crippen molar-refractivity contribution in [1.29, 1.82) is 0 Å². The van der Waals surface area contributed by atoms with E-state index in [1.807, 2.05) is 0 Å². The Hall–Kier alpha value is -1.85. The van der Waals surface area contributed by atoms with Gasteiger partial charge in [-0.2, -0.15) is 0 Å². The third-order valence-corrected chi connectivity index (χ3v) is 1.07. The van der Waals surface area contributed by atoms with Crippen LogP contribution in [0.3, 0.4) is 0 Å². The molecule has 2 amide bonds. The second-order valence-electron chi connectivity index (χ2n) is 1.81. The Bertz CT molecular complexity index is 275. The van der Waals surface area contributed by atoms with Crippen molar-refractivity contribution in [2.75, 3.05) is 0 Å². The van der Waals surface area contributed by atoms with Crippen LogP contribution in [-0.2, 0) is 0 Å². The molecule has 1 aromatic rings. The summed E-state index contributed by atoms with van der Waals surface area (Å²) in [6, 6.07) is 0. The molecule has 58 valence electrons. The Kier molecular flexibility index (Phi) is 1.59. The van der Waals surface area contributed by atoms with Crippen LogP contribution < -0.4 is 11.5 Å². The lowest BCUT2D eigenvalue weighted by atomic mass is 10.2. The fourth-order valence-electron chi connectivity index (χ4n) is 0.589. The van der Waals surface area contributed by atoms with Crippen molar-refractivity contribution in [3.8, 4) is 0 Å². The summed E-state index contributed by atoms with van der Waals surface area (Å²) in [4.78, 5) is 21.0. The van der Waals surface area contributed by atoms with Crippen LogP contribution in [0.1, 0.15) is 20.8 Å². The number of hydrogen-bond donors (Lipinski definition) is 2. The molecule has 0 aliphatic heterocycles. The van der Waals surface area contributed by atoms with Gasteiger partial charge in [-0.1, -0.05) is 5.16 Å². The standard InChI is InChI=1S/C5H5N3O3/c6-4(9)2-1-11-8-3(2)5(7)10/h1H,(H2,6,9)(H2,7,10). The summed E-state index contributed by atoms with van der Waals surface area (Å²) < 4.78 is 4.32. The average Bonchev–Trinajstić information content (AvgIpc) is 2.32. The molecular weight excluding hydrogens is 150 g/mol. The molecule has 1 aromatic heterocycles. The van der Waals surface area contributed by atoms with E-state index in [9.17, 15) is 9.59 Å². The van der Waals surface area contributed by atoms with E-state index < -0.39 is 11.8 Å². The monoisotopic (exact) mass is 155 g/mol. The first-order valence-corrected chi connectivity index (χ1v) is 2.67. The smallest absolute Gasteiger partial charge is 0.271 e. The van der Waals surface area contributed by atoms with Crippen LogP contribution in [0.15, 0.2) is 10.8 Å². The number of primary amides is 2. The lowest BCUT2D eigenvalue weighted by molar-refractivity contribution is 0.0964. The summed E-state index contributed by atoms with van der Waals surface area (Å²) in [6.45, 7) is 0. The van der Waals surface area contributed by atoms with Gasteiger partial charge < -0.3 is 16.0 Å². The number of hydrogen-bond acceptors (Lipinski definition) is 4. The van der Waals surface area contributed by atoms with E-state index in [2.05, 4.69) is 9.68 Å². The second-order valence-corrected chi connectivity index (χ2v) is 1.81. The Labute approximate surface area is 61.1 Å². The van der Waals surface area contributed by atoms with Crippen LogP contribution in [0.5, 0.6) is 0 Å². The number of nitrogens with two attached hydrogens (primary N) is 2. The van der Waals surface area contributed by atoms with Crippen LogP contribution in [0.4, 0.5) is 0 Å². The van der Waals surface area contributed by atoms with Crippen LogP contribution in [0.2, 0.25) is 0 Å². The molecule has 4 N–H and O–H groups in total. The Morgan fingerprint density at radius 3 is 2.36 bits per heavy atom. The first-order valence-electron chi connectivity index (χ1n) is 2.67. The van der Waals surface area contributed by atoms with Crippen molar-refractivity contribution in [3.05, 3.63) is 17.5 Å². The van der Waals surface area contributed by atoms with Gasteiger partial charge in [-0.3, -0.25) is 9.59 Å². The quantitative estimate of drug-likeness (QED) is 0.562. The van der Waals surface area contributed by atoms with Crippen LogP contribution in [0, 0.1) is 0 Å². The highest BCUT2D eigenvalue weighted by atomic mass is 16.5. The minimum Gasteiger partial charge on any atom is -0.365 e. The Balaban J connectivity index is 3.16. The van der Waals surface area contributed by atoms with Gasteiger partial charge in [-0.15, -0.1) is 0 Å². The van der Waals surface area contributed by atoms with Gasteiger partial charge in [0.1, 0.15) is 11.8 Å². The van der Waals surface area contributed by atoms with E-state index in [0.717, 1.165) is 6.26 Å². The molecule has 0 radical (unpaired) electrons. The minimum atomic E-state index is -0.840. The molecule has 0 aliphatic carbocycles. The van der Waals surface area contributed by atoms with Gasteiger partial charge in [0.15, 0.2) is 5.69 Å². The topological polar surface area (TPSA) is 112 Å². The molecule has 0 atom stereocenters. The van der Waals surface area contributed by atoms with E-state index in [4.69, 9.17) is 11.5 Å². The van der Waals surface area contributed by atoms with Crippen molar-refractivity contribution in [2.24, 2.45) is 11.5 Å². The Morgan fingerprint density at radius 2 is 2.00 bits per heavy atom. The van der Waals surface area contributed by atoms with Gasteiger partial charge in [-0.05, 0) is 0 Å². The first-order chi connectivity index (χ1) is 5.13. The SMILES string of the molecule is NC(=O)c1conc1C(N)=O. The molecule has 1 rings (SSSR count). The number of nitrogens with zero attached hydrogens (tertiary/aromatic N) is 1. The lowest BCUT2D eigenvalue weighted by Crippen LogP contribution is -2.19. The van der Waals surface area contributed by atoms with E-state index in [1.54, 1.807) is 0 Å². The van der Waals surface area contributed by atoms with Crippen LogP contribution in [-0.4, -0.2) is 17.0 Å². The molecule has 0 aliphatic rings. The molecule has 0 unspecified atom stereocenters. The third-order valence-electron chi connectivity index (χ3n) is 1.07. The van der Waals surface area contributed by atoms with Gasteiger partial charge in [0, 0.05) is 0 Å². The molecule has 6 heteroatoms. The normalized spacial score (nSPS) is 9.45. The fourth-order valence-corrected chi connectivity index (χ4v) is 0.589. The number of carbonyl (C=O) groups is 2. The van der Waals surface area contributed by atoms with Gasteiger partial charge in [-0.25, -0.2) is 0 Å². The molecule has 0 saturated carbocycles. The third kappa shape index (κ3) is 1.18. The fraction of sp³-hybridized carbons (Fsp3) is 0. The molecule has 0 spiro atoms. The minimum absolute atomic E-state index is 0.0995. The predicted octanol–water partition coefficient (Wildman–Crippen LogP) is -1.13. The number of carbonyl (C=O) groups excluding carboxylic acids is 2. The maximum absolute atomic E-state index is 10.5. The van der Waals surface area contributed by atoms with E-state index in [-0.39, 0.29) is 11.3 Å². The summed E-state index contributed by atoms with van der Waals surface area (Å²) >= 11 is 0. The Morgan fingerprint density at radius 1 is 1.36 bits per heavy atom. The van der Waals surface area contributed by atoms with Gasteiger partial charge in [0.05, 0.1) is 0 Å². The van der Waals surface area contributed by atoms with Crippen molar-refractivity contribution in [1.82, 2.24) is 5.16 Å². The van der Waals surface area contributed by atoms with Crippen molar-refractivity contribution in [3.63, 3.8) is 0 Å². The molecule has 1 heterocycles. The summed E-state index contributed by atoms with van der Waals surface area (Å²) in [5.41, 5.74) is 9.34. The maximum atomic E-state index is 10.5. The zero-order valence-electron chi connectivity index (χ0n) is 5.40.